The predicted octanol–water partition coefficient (Wildman–Crippen LogP) is 3.35. The lowest BCUT2D eigenvalue weighted by atomic mass is 10.0. The summed E-state index contributed by atoms with van der Waals surface area (Å²) in [6, 6.07) is 6.15. The molecule has 0 N–H and O–H groups in total. The smallest absolute Gasteiger partial charge is 0.122 e. The van der Waals surface area contributed by atoms with Crippen LogP contribution >= 0.6 is 0 Å². The second-order valence-electron chi connectivity index (χ2n) is 3.46. The fourth-order valence-corrected chi connectivity index (χ4v) is 1.59. The highest BCUT2D eigenvalue weighted by molar-refractivity contribution is 5.40. The maximum Gasteiger partial charge on any atom is 0.122 e. The van der Waals surface area contributed by atoms with Gasteiger partial charge >= 0.3 is 0 Å². The molecule has 0 fully saturated rings. The van der Waals surface area contributed by atoms with Gasteiger partial charge in [0.05, 0.1) is 7.11 Å². The van der Waals surface area contributed by atoms with E-state index in [0.717, 1.165) is 25.0 Å². The molecule has 0 saturated heterocycles. The highest BCUT2D eigenvalue weighted by atomic mass is 16.5. The van der Waals surface area contributed by atoms with E-state index in [-0.39, 0.29) is 0 Å². The summed E-state index contributed by atoms with van der Waals surface area (Å²) in [4.78, 5) is 0. The fourth-order valence-electron chi connectivity index (χ4n) is 1.59. The van der Waals surface area contributed by atoms with E-state index in [0.29, 0.717) is 0 Å². The van der Waals surface area contributed by atoms with E-state index >= 15 is 0 Å². The van der Waals surface area contributed by atoms with Crippen LogP contribution in [0.2, 0.25) is 0 Å². The normalized spacial score (nSPS) is 9.27. The standard InChI is InChI=1S/C14H18O/c1-4-5-6-7-10-13-12(2)9-8-11-14(13)15-3/h8-9,11H,4,7,10H2,1-3H3. The molecule has 0 saturated carbocycles. The Morgan fingerprint density at radius 2 is 2.07 bits per heavy atom. The summed E-state index contributed by atoms with van der Waals surface area (Å²) >= 11 is 0. The van der Waals surface area contributed by atoms with Crippen molar-refractivity contribution in [2.45, 2.75) is 33.1 Å². The van der Waals surface area contributed by atoms with E-state index in [1.165, 1.54) is 11.1 Å². The van der Waals surface area contributed by atoms with Gasteiger partial charge < -0.3 is 4.74 Å². The Labute approximate surface area is 92.5 Å². The zero-order valence-electron chi connectivity index (χ0n) is 9.76. The molecule has 1 heteroatoms. The quantitative estimate of drug-likeness (QED) is 0.683. The minimum Gasteiger partial charge on any atom is -0.496 e. The predicted molar refractivity (Wildman–Crippen MR) is 64.1 cm³/mol. The largest absolute Gasteiger partial charge is 0.496 e. The number of hydrogen-bond donors (Lipinski definition) is 0. The van der Waals surface area contributed by atoms with Crippen LogP contribution in [0.3, 0.4) is 0 Å². The molecule has 0 atom stereocenters. The zero-order chi connectivity index (χ0) is 11.1. The maximum absolute atomic E-state index is 5.33. The van der Waals surface area contributed by atoms with Crippen LogP contribution < -0.4 is 4.74 Å². The van der Waals surface area contributed by atoms with Crippen molar-refractivity contribution < 1.29 is 4.74 Å². The molecule has 1 aromatic carbocycles. The van der Waals surface area contributed by atoms with E-state index in [1.807, 2.05) is 12.1 Å². The van der Waals surface area contributed by atoms with Gasteiger partial charge in [-0.25, -0.2) is 0 Å². The van der Waals surface area contributed by atoms with Crippen LogP contribution in [0.4, 0.5) is 0 Å². The van der Waals surface area contributed by atoms with Crippen molar-refractivity contribution in [2.75, 3.05) is 7.11 Å². The summed E-state index contributed by atoms with van der Waals surface area (Å²) < 4.78 is 5.33. The molecule has 15 heavy (non-hydrogen) atoms. The number of hydrogen-bond acceptors (Lipinski definition) is 1. The number of methoxy groups -OCH3 is 1. The third-order valence-electron chi connectivity index (χ3n) is 2.39. The van der Waals surface area contributed by atoms with Crippen molar-refractivity contribution in [1.82, 2.24) is 0 Å². The molecule has 1 rings (SSSR count). The van der Waals surface area contributed by atoms with Crippen molar-refractivity contribution in [3.05, 3.63) is 29.3 Å². The number of benzene rings is 1. The van der Waals surface area contributed by atoms with Crippen molar-refractivity contribution in [3.63, 3.8) is 0 Å². The van der Waals surface area contributed by atoms with E-state index in [4.69, 9.17) is 4.74 Å². The molecule has 0 radical (unpaired) electrons. The van der Waals surface area contributed by atoms with Crippen LogP contribution in [0.25, 0.3) is 0 Å². The summed E-state index contributed by atoms with van der Waals surface area (Å²) in [5.74, 6) is 7.22. The first kappa shape index (κ1) is 11.7. The zero-order valence-corrected chi connectivity index (χ0v) is 9.76. The molecule has 0 unspecified atom stereocenters. The molecule has 0 amide bonds. The lowest BCUT2D eigenvalue weighted by Crippen LogP contribution is -1.94. The topological polar surface area (TPSA) is 9.23 Å². The van der Waals surface area contributed by atoms with Gasteiger partial charge in [-0.15, -0.1) is 11.8 Å². The highest BCUT2D eigenvalue weighted by Gasteiger charge is 2.04. The summed E-state index contributed by atoms with van der Waals surface area (Å²) in [6.45, 7) is 4.19. The molecule has 0 heterocycles. The summed E-state index contributed by atoms with van der Waals surface area (Å²) in [6.07, 6.45) is 2.82. The first-order chi connectivity index (χ1) is 7.29. The van der Waals surface area contributed by atoms with Gasteiger partial charge in [0.25, 0.3) is 0 Å². The van der Waals surface area contributed by atoms with Gasteiger partial charge in [-0.1, -0.05) is 19.1 Å². The Hall–Kier alpha value is -1.42. The SMILES string of the molecule is CCC#CCCc1c(C)cccc1OC. The molecule has 0 aromatic heterocycles. The summed E-state index contributed by atoms with van der Waals surface area (Å²) in [5.41, 5.74) is 2.57. The average Bonchev–Trinajstić information content (AvgIpc) is 2.26. The lowest BCUT2D eigenvalue weighted by molar-refractivity contribution is 0.409. The third-order valence-corrected chi connectivity index (χ3v) is 2.39. The second kappa shape index (κ2) is 6.14. The van der Waals surface area contributed by atoms with Crippen LogP contribution in [-0.2, 0) is 6.42 Å². The van der Waals surface area contributed by atoms with Gasteiger partial charge in [0.2, 0.25) is 0 Å². The molecule has 0 aliphatic heterocycles. The number of aryl methyl sites for hydroxylation is 1. The van der Waals surface area contributed by atoms with E-state index in [9.17, 15) is 0 Å². The number of rotatable bonds is 3. The van der Waals surface area contributed by atoms with Crippen LogP contribution in [0, 0.1) is 18.8 Å². The highest BCUT2D eigenvalue weighted by Crippen LogP contribution is 2.22. The van der Waals surface area contributed by atoms with Crippen molar-refractivity contribution in [3.8, 4) is 17.6 Å². The second-order valence-corrected chi connectivity index (χ2v) is 3.46. The minimum absolute atomic E-state index is 0.912. The molecule has 1 nitrogen and oxygen atoms in total. The van der Waals surface area contributed by atoms with Crippen LogP contribution in [0.5, 0.6) is 5.75 Å². The molecule has 0 bridgehead atoms. The Kier molecular flexibility index (Phi) is 4.77. The average molecular weight is 202 g/mol. The van der Waals surface area contributed by atoms with Crippen molar-refractivity contribution in [1.29, 1.82) is 0 Å². The van der Waals surface area contributed by atoms with E-state index in [1.54, 1.807) is 7.11 Å². The lowest BCUT2D eigenvalue weighted by Gasteiger charge is -2.09. The van der Waals surface area contributed by atoms with Gasteiger partial charge in [0.15, 0.2) is 0 Å². The first-order valence-corrected chi connectivity index (χ1v) is 5.37. The Bertz CT molecular complexity index is 369. The summed E-state index contributed by atoms with van der Waals surface area (Å²) in [5, 5.41) is 0. The molecular weight excluding hydrogens is 184 g/mol. The van der Waals surface area contributed by atoms with Crippen LogP contribution in [-0.4, -0.2) is 7.11 Å². The minimum atomic E-state index is 0.912. The Morgan fingerprint density at radius 3 is 2.73 bits per heavy atom. The van der Waals surface area contributed by atoms with Crippen molar-refractivity contribution >= 4 is 0 Å². The monoisotopic (exact) mass is 202 g/mol. The van der Waals surface area contributed by atoms with Crippen LogP contribution in [0.1, 0.15) is 30.9 Å². The molecule has 0 aliphatic rings. The third kappa shape index (κ3) is 3.32. The molecule has 0 spiro atoms. The van der Waals surface area contributed by atoms with Gasteiger partial charge in [-0.2, -0.15) is 0 Å². The van der Waals surface area contributed by atoms with Gasteiger partial charge in [-0.3, -0.25) is 0 Å². The molecular formula is C14H18O. The summed E-state index contributed by atoms with van der Waals surface area (Å²) in [7, 11) is 1.72. The maximum atomic E-state index is 5.33. The Balaban J connectivity index is 2.74. The fraction of sp³-hybridized carbons (Fsp3) is 0.429. The molecule has 0 aliphatic carbocycles. The van der Waals surface area contributed by atoms with Gasteiger partial charge in [-0.05, 0) is 30.5 Å². The molecule has 80 valence electrons. The Morgan fingerprint density at radius 1 is 1.27 bits per heavy atom. The van der Waals surface area contributed by atoms with Gasteiger partial charge in [0.1, 0.15) is 5.75 Å². The van der Waals surface area contributed by atoms with Gasteiger partial charge in [0, 0.05) is 12.8 Å². The first-order valence-electron chi connectivity index (χ1n) is 5.37. The van der Waals surface area contributed by atoms with Crippen LogP contribution in [0.15, 0.2) is 18.2 Å². The van der Waals surface area contributed by atoms with E-state index < -0.39 is 0 Å². The number of ether oxygens (including phenoxy) is 1. The van der Waals surface area contributed by atoms with E-state index in [2.05, 4.69) is 31.8 Å². The molecule has 1 aromatic rings. The van der Waals surface area contributed by atoms with Crippen molar-refractivity contribution in [2.24, 2.45) is 0 Å².